The van der Waals surface area contributed by atoms with Gasteiger partial charge in [-0.1, -0.05) is 46.9 Å². The molecule has 1 N–H and O–H groups in total. The van der Waals surface area contributed by atoms with Crippen LogP contribution in [0.2, 0.25) is 15.1 Å². The van der Waals surface area contributed by atoms with Crippen molar-refractivity contribution in [2.24, 2.45) is 0 Å². The van der Waals surface area contributed by atoms with Crippen LogP contribution in [-0.4, -0.2) is 38.5 Å². The Morgan fingerprint density at radius 1 is 1.03 bits per heavy atom. The van der Waals surface area contributed by atoms with E-state index in [1.807, 2.05) is 0 Å². The van der Waals surface area contributed by atoms with Crippen LogP contribution in [0.4, 0.5) is 18.9 Å². The van der Waals surface area contributed by atoms with E-state index in [9.17, 15) is 18.0 Å². The number of aromatic amines is 1. The monoisotopic (exact) mass is 595 g/mol. The van der Waals surface area contributed by atoms with Gasteiger partial charge in [0.2, 0.25) is 5.89 Å². The van der Waals surface area contributed by atoms with Crippen LogP contribution in [0, 0.1) is 0 Å². The summed E-state index contributed by atoms with van der Waals surface area (Å²) in [7, 11) is 0. The van der Waals surface area contributed by atoms with Crippen LogP contribution in [0.1, 0.15) is 48.4 Å². The third-order valence-electron chi connectivity index (χ3n) is 7.27. The van der Waals surface area contributed by atoms with Crippen molar-refractivity contribution in [2.45, 2.75) is 49.7 Å². The molecule has 2 aromatic carbocycles. The second-order valence-corrected chi connectivity index (χ2v) is 11.0. The van der Waals surface area contributed by atoms with Crippen molar-refractivity contribution in [3.63, 3.8) is 0 Å². The number of alkyl halides is 3. The number of anilines is 1. The summed E-state index contributed by atoms with van der Waals surface area (Å²) in [6, 6.07) is 11.3. The maximum Gasteiger partial charge on any atom is 0.403 e. The van der Waals surface area contributed by atoms with Crippen molar-refractivity contribution in [2.75, 3.05) is 4.90 Å². The van der Waals surface area contributed by atoms with Gasteiger partial charge in [-0.25, -0.2) is 0 Å². The lowest BCUT2D eigenvalue weighted by Crippen LogP contribution is -2.45. The first-order valence-electron chi connectivity index (χ1n) is 12.1. The summed E-state index contributed by atoms with van der Waals surface area (Å²) in [4.78, 5) is 16.0. The van der Waals surface area contributed by atoms with Crippen molar-refractivity contribution < 1.29 is 22.4 Å². The zero-order valence-electron chi connectivity index (χ0n) is 20.0. The van der Waals surface area contributed by atoms with Gasteiger partial charge in [-0.2, -0.15) is 18.3 Å². The molecule has 202 valence electrons. The predicted octanol–water partition coefficient (Wildman–Crippen LogP) is 7.88. The normalized spacial score (nSPS) is 16.7. The summed E-state index contributed by atoms with van der Waals surface area (Å²) in [6.07, 6.45) is -2.42. The number of H-pyrrole nitrogens is 1. The molecule has 0 radical (unpaired) electrons. The van der Waals surface area contributed by atoms with Gasteiger partial charge >= 0.3 is 6.18 Å². The van der Waals surface area contributed by atoms with Gasteiger partial charge in [-0.3, -0.25) is 9.89 Å². The van der Waals surface area contributed by atoms with Gasteiger partial charge in [0, 0.05) is 21.7 Å². The number of hydrogen-bond donors (Lipinski definition) is 1. The van der Waals surface area contributed by atoms with E-state index in [1.54, 1.807) is 47.4 Å². The van der Waals surface area contributed by atoms with Gasteiger partial charge in [0.05, 0.1) is 16.3 Å². The Morgan fingerprint density at radius 3 is 2.31 bits per heavy atom. The Kier molecular flexibility index (Phi) is 6.39. The van der Waals surface area contributed by atoms with E-state index in [4.69, 9.17) is 39.2 Å². The van der Waals surface area contributed by atoms with Crippen LogP contribution in [0.5, 0.6) is 0 Å². The van der Waals surface area contributed by atoms with Crippen LogP contribution in [0.15, 0.2) is 46.9 Å². The number of benzene rings is 2. The number of carbonyl (C=O) groups excluding carboxylic acids is 1. The molecule has 2 aliphatic carbocycles. The van der Waals surface area contributed by atoms with Crippen molar-refractivity contribution >= 4 is 46.4 Å². The summed E-state index contributed by atoms with van der Waals surface area (Å²) in [5, 5.41) is 15.9. The van der Waals surface area contributed by atoms with E-state index in [0.717, 1.165) is 19.3 Å². The summed E-state index contributed by atoms with van der Waals surface area (Å²) in [5.41, 5.74) is -0.855. The topological polar surface area (TPSA) is 87.9 Å². The van der Waals surface area contributed by atoms with Crippen LogP contribution < -0.4 is 4.90 Å². The lowest BCUT2D eigenvalue weighted by atomic mass is 9.90. The second-order valence-electron chi connectivity index (χ2n) is 9.68. The first-order chi connectivity index (χ1) is 18.6. The molecule has 39 heavy (non-hydrogen) atoms. The standard InChI is InChI=1S/C26H19Cl3F3N5O2/c27-14-6-4-13(5-7-14)20-19(23(38)37(16-2-1-3-16)18-9-8-15(28)12-17(18)29)21(34-33-20)22-35-36-24(39-22)25(10-11-25)26(30,31)32/h4-9,12,16H,1-3,10-11H2,(H,33,34). The Labute approximate surface area is 235 Å². The molecule has 0 aliphatic heterocycles. The zero-order valence-corrected chi connectivity index (χ0v) is 22.3. The van der Waals surface area contributed by atoms with E-state index in [1.165, 1.54) is 0 Å². The molecule has 2 fully saturated rings. The SMILES string of the molecule is O=C(c1c(-c2ccc(Cl)cc2)n[nH]c1-c1nnc(C2(C(F)(F)F)CC2)o1)N(c1ccc(Cl)cc1Cl)C1CCC1. The average molecular weight is 597 g/mol. The number of carbonyl (C=O) groups is 1. The predicted molar refractivity (Wildman–Crippen MR) is 140 cm³/mol. The number of hydrogen-bond acceptors (Lipinski definition) is 5. The average Bonchev–Trinajstić information content (AvgIpc) is 3.34. The minimum Gasteiger partial charge on any atom is -0.418 e. The smallest absolute Gasteiger partial charge is 0.403 e. The van der Waals surface area contributed by atoms with Crippen LogP contribution >= 0.6 is 34.8 Å². The fraction of sp³-hybridized carbons (Fsp3) is 0.308. The molecule has 0 unspecified atom stereocenters. The van der Waals surface area contributed by atoms with Crippen LogP contribution in [0.25, 0.3) is 22.8 Å². The highest BCUT2D eigenvalue weighted by Crippen LogP contribution is 2.58. The molecule has 6 rings (SSSR count). The number of amides is 1. The quantitative estimate of drug-likeness (QED) is 0.245. The molecule has 0 saturated heterocycles. The van der Waals surface area contributed by atoms with E-state index in [0.29, 0.717) is 21.3 Å². The molecule has 7 nitrogen and oxygen atoms in total. The molecule has 13 heteroatoms. The molecular weight excluding hydrogens is 578 g/mol. The number of rotatable bonds is 6. The summed E-state index contributed by atoms with van der Waals surface area (Å²) in [6.45, 7) is 0. The highest BCUT2D eigenvalue weighted by Gasteiger charge is 2.68. The largest absolute Gasteiger partial charge is 0.418 e. The maximum atomic E-state index is 14.4. The van der Waals surface area contributed by atoms with Crippen LogP contribution in [0.3, 0.4) is 0 Å². The first-order valence-corrected chi connectivity index (χ1v) is 13.3. The summed E-state index contributed by atoms with van der Waals surface area (Å²) >= 11 is 18.7. The molecular formula is C26H19Cl3F3N5O2. The summed E-state index contributed by atoms with van der Waals surface area (Å²) < 4.78 is 46.7. The van der Waals surface area contributed by atoms with Crippen molar-refractivity contribution in [3.05, 3.63) is 69.0 Å². The van der Waals surface area contributed by atoms with Crippen LogP contribution in [-0.2, 0) is 5.41 Å². The molecule has 2 aromatic heterocycles. The molecule has 0 bridgehead atoms. The van der Waals surface area contributed by atoms with Crippen molar-refractivity contribution in [3.8, 4) is 22.8 Å². The lowest BCUT2D eigenvalue weighted by Gasteiger charge is -2.38. The molecule has 2 saturated carbocycles. The van der Waals surface area contributed by atoms with E-state index < -0.39 is 23.4 Å². The molecule has 0 atom stereocenters. The zero-order chi connectivity index (χ0) is 27.5. The van der Waals surface area contributed by atoms with Crippen molar-refractivity contribution in [1.82, 2.24) is 20.4 Å². The Balaban J connectivity index is 1.50. The highest BCUT2D eigenvalue weighted by atomic mass is 35.5. The van der Waals surface area contributed by atoms with E-state index in [2.05, 4.69) is 20.4 Å². The molecule has 4 aromatic rings. The minimum absolute atomic E-state index is 0.0103. The number of nitrogens with one attached hydrogen (secondary N) is 1. The van der Waals surface area contributed by atoms with Gasteiger partial charge in [0.15, 0.2) is 0 Å². The Morgan fingerprint density at radius 2 is 1.72 bits per heavy atom. The molecule has 0 spiro atoms. The number of aromatic nitrogens is 4. The van der Waals surface area contributed by atoms with Gasteiger partial charge in [0.25, 0.3) is 11.8 Å². The Bertz CT molecular complexity index is 1560. The van der Waals surface area contributed by atoms with Gasteiger partial charge in [0.1, 0.15) is 16.8 Å². The highest BCUT2D eigenvalue weighted by molar-refractivity contribution is 6.37. The second kappa shape index (κ2) is 9.53. The first kappa shape index (κ1) is 26.2. The fourth-order valence-electron chi connectivity index (χ4n) is 4.70. The van der Waals surface area contributed by atoms with Crippen molar-refractivity contribution in [1.29, 1.82) is 0 Å². The van der Waals surface area contributed by atoms with Gasteiger partial charge in [-0.15, -0.1) is 10.2 Å². The molecule has 1 amide bonds. The van der Waals surface area contributed by atoms with E-state index in [-0.39, 0.29) is 46.7 Å². The Hall–Kier alpha value is -3.08. The third-order valence-corrected chi connectivity index (χ3v) is 8.06. The van der Waals surface area contributed by atoms with E-state index >= 15 is 0 Å². The van der Waals surface area contributed by atoms with Gasteiger partial charge < -0.3 is 9.32 Å². The van der Waals surface area contributed by atoms with Gasteiger partial charge in [-0.05, 0) is 62.4 Å². The molecule has 2 aliphatic rings. The number of nitrogens with zero attached hydrogens (tertiary/aromatic N) is 4. The maximum absolute atomic E-state index is 14.4. The summed E-state index contributed by atoms with van der Waals surface area (Å²) in [5.74, 6) is -1.29. The fourth-order valence-corrected chi connectivity index (χ4v) is 5.32. The lowest BCUT2D eigenvalue weighted by molar-refractivity contribution is -0.165. The third kappa shape index (κ3) is 4.48. The minimum atomic E-state index is -4.54. The number of halogens is 6. The molecule has 2 heterocycles.